The lowest BCUT2D eigenvalue weighted by Crippen LogP contribution is -2.08. The van der Waals surface area contributed by atoms with Gasteiger partial charge in [-0.2, -0.15) is 0 Å². The number of hydrogen-bond donors (Lipinski definition) is 1. The van der Waals surface area contributed by atoms with Gasteiger partial charge in [0.15, 0.2) is 0 Å². The first-order chi connectivity index (χ1) is 11.3. The van der Waals surface area contributed by atoms with Crippen molar-refractivity contribution in [2.24, 2.45) is 0 Å². The third-order valence-electron chi connectivity index (χ3n) is 2.86. The number of nitrogens with zero attached hydrogens (tertiary/aromatic N) is 2. The Bertz CT molecular complexity index is 531. The monoisotopic (exact) mass is 313 g/mol. The van der Waals surface area contributed by atoms with Crippen LogP contribution in [0.2, 0.25) is 0 Å². The first-order valence-corrected chi connectivity index (χ1v) is 8.32. The summed E-state index contributed by atoms with van der Waals surface area (Å²) in [7, 11) is 4.10. The van der Waals surface area contributed by atoms with E-state index in [0.717, 1.165) is 12.1 Å². The minimum absolute atomic E-state index is 0.877. The third kappa shape index (κ3) is 8.67. The lowest BCUT2D eigenvalue weighted by molar-refractivity contribution is 1.07. The van der Waals surface area contributed by atoms with Crippen molar-refractivity contribution in [3.63, 3.8) is 0 Å². The molecule has 2 aromatic rings. The van der Waals surface area contributed by atoms with E-state index in [4.69, 9.17) is 0 Å². The molecule has 0 bridgehead atoms. The third-order valence-corrected chi connectivity index (χ3v) is 2.86. The highest BCUT2D eigenvalue weighted by Gasteiger charge is 1.97. The Hall–Kier alpha value is -2.29. The van der Waals surface area contributed by atoms with Crippen LogP contribution in [0.4, 0.5) is 5.69 Å². The van der Waals surface area contributed by atoms with Crippen LogP contribution in [0.5, 0.6) is 0 Å². The molecule has 1 aromatic carbocycles. The van der Waals surface area contributed by atoms with Crippen LogP contribution in [0, 0.1) is 0 Å². The Balaban J connectivity index is 0.00000112. The maximum absolute atomic E-state index is 4.07. The largest absolute Gasteiger partial charge is 0.378 e. The number of anilines is 1. The summed E-state index contributed by atoms with van der Waals surface area (Å²) in [4.78, 5) is 9.42. The van der Waals surface area contributed by atoms with Gasteiger partial charge in [0.2, 0.25) is 0 Å². The molecule has 2 rings (SSSR count). The Labute approximate surface area is 141 Å². The van der Waals surface area contributed by atoms with Crippen LogP contribution < -0.4 is 4.90 Å². The molecule has 0 atom stereocenters. The van der Waals surface area contributed by atoms with Crippen molar-refractivity contribution in [3.8, 4) is 0 Å². The summed E-state index contributed by atoms with van der Waals surface area (Å²) in [6.07, 6.45) is 6.24. The fourth-order valence-electron chi connectivity index (χ4n) is 1.80. The van der Waals surface area contributed by atoms with Crippen LogP contribution in [-0.2, 0) is 6.42 Å². The van der Waals surface area contributed by atoms with E-state index in [0.29, 0.717) is 0 Å². The van der Waals surface area contributed by atoms with Gasteiger partial charge in [-0.1, -0.05) is 45.9 Å². The summed E-state index contributed by atoms with van der Waals surface area (Å²) in [5, 5.41) is 0. The van der Waals surface area contributed by atoms with Gasteiger partial charge in [-0.3, -0.25) is 4.98 Å². The summed E-state index contributed by atoms with van der Waals surface area (Å²) in [5.74, 6) is 0. The molecule has 3 nitrogen and oxygen atoms in total. The second kappa shape index (κ2) is 13.4. The van der Waals surface area contributed by atoms with Gasteiger partial charge in [0.25, 0.3) is 0 Å². The molecule has 23 heavy (non-hydrogen) atoms. The molecule has 0 unspecified atom stereocenters. The molecule has 1 N–H and O–H groups in total. The molecule has 0 aliphatic carbocycles. The zero-order valence-electron chi connectivity index (χ0n) is 15.4. The van der Waals surface area contributed by atoms with E-state index in [1.807, 2.05) is 60.1 Å². The molecule has 126 valence electrons. The molecular formula is C20H31N3. The Morgan fingerprint density at radius 3 is 2.13 bits per heavy atom. The van der Waals surface area contributed by atoms with Crippen molar-refractivity contribution in [1.82, 2.24) is 9.97 Å². The molecule has 0 fully saturated rings. The smallest absolute Gasteiger partial charge is 0.0428 e. The summed E-state index contributed by atoms with van der Waals surface area (Å²) < 4.78 is 0. The second-order valence-electron chi connectivity index (χ2n) is 4.57. The molecule has 0 saturated carbocycles. The number of aromatic amines is 1. The Morgan fingerprint density at radius 2 is 1.52 bits per heavy atom. The normalized spacial score (nSPS) is 8.61. The topological polar surface area (TPSA) is 31.9 Å². The summed E-state index contributed by atoms with van der Waals surface area (Å²) in [6, 6.07) is 14.6. The van der Waals surface area contributed by atoms with Crippen molar-refractivity contribution >= 4 is 5.69 Å². The standard InChI is InChI=1S/C16H19N3.2C2H6/c1-19(2)16-8-6-14(7-9-16)13-15-5-3-4-10-17-11-12-18-15;2*1-2/h3-12,18H,13H2,1-2H3;2*1-2H3. The van der Waals surface area contributed by atoms with E-state index in [2.05, 4.69) is 45.2 Å². The van der Waals surface area contributed by atoms with E-state index >= 15 is 0 Å². The minimum Gasteiger partial charge on any atom is -0.378 e. The average Bonchev–Trinajstić information content (AvgIpc) is 2.73. The predicted octanol–water partition coefficient (Wildman–Crippen LogP) is 5.24. The van der Waals surface area contributed by atoms with Crippen molar-refractivity contribution in [2.75, 3.05) is 19.0 Å². The molecule has 3 heteroatoms. The van der Waals surface area contributed by atoms with Crippen molar-refractivity contribution in [2.45, 2.75) is 34.1 Å². The van der Waals surface area contributed by atoms with Gasteiger partial charge in [0.1, 0.15) is 0 Å². The molecule has 1 heterocycles. The SMILES string of the molecule is CC.CC.CN(C)c1ccc(Cc2ccccncc[nH]2)cc1. The predicted molar refractivity (Wildman–Crippen MR) is 102 cm³/mol. The molecule has 1 aromatic heterocycles. The van der Waals surface area contributed by atoms with Crippen LogP contribution >= 0.6 is 0 Å². The highest BCUT2D eigenvalue weighted by molar-refractivity contribution is 5.46. The zero-order valence-corrected chi connectivity index (χ0v) is 15.4. The molecule has 0 saturated heterocycles. The van der Waals surface area contributed by atoms with Crippen LogP contribution in [-0.4, -0.2) is 24.1 Å². The highest BCUT2D eigenvalue weighted by Crippen LogP contribution is 2.14. The average molecular weight is 313 g/mol. The van der Waals surface area contributed by atoms with Gasteiger partial charge in [-0.05, 0) is 29.8 Å². The molecular weight excluding hydrogens is 282 g/mol. The van der Waals surface area contributed by atoms with Crippen LogP contribution in [0.15, 0.2) is 61.1 Å². The van der Waals surface area contributed by atoms with E-state index < -0.39 is 0 Å². The first-order valence-electron chi connectivity index (χ1n) is 8.32. The van der Waals surface area contributed by atoms with Gasteiger partial charge in [-0.15, -0.1) is 0 Å². The van der Waals surface area contributed by atoms with E-state index in [-0.39, 0.29) is 0 Å². The Kier molecular flexibility index (Phi) is 12.0. The van der Waals surface area contributed by atoms with Crippen LogP contribution in [0.25, 0.3) is 0 Å². The van der Waals surface area contributed by atoms with Crippen LogP contribution in [0.1, 0.15) is 39.0 Å². The van der Waals surface area contributed by atoms with Crippen molar-refractivity contribution in [3.05, 3.63) is 72.3 Å². The van der Waals surface area contributed by atoms with Gasteiger partial charge in [0.05, 0.1) is 0 Å². The first kappa shape index (κ1) is 20.7. The van der Waals surface area contributed by atoms with E-state index in [1.54, 1.807) is 12.4 Å². The summed E-state index contributed by atoms with van der Waals surface area (Å²) in [5.41, 5.74) is 3.65. The van der Waals surface area contributed by atoms with Gasteiger partial charge < -0.3 is 9.88 Å². The number of hydrogen-bond acceptors (Lipinski definition) is 2. The number of H-pyrrole nitrogens is 1. The number of benzene rings is 1. The second-order valence-corrected chi connectivity index (χ2v) is 4.57. The maximum atomic E-state index is 4.07. The van der Waals surface area contributed by atoms with E-state index in [9.17, 15) is 0 Å². The van der Waals surface area contributed by atoms with Crippen molar-refractivity contribution < 1.29 is 0 Å². The van der Waals surface area contributed by atoms with Crippen molar-refractivity contribution in [1.29, 1.82) is 0 Å². The Morgan fingerprint density at radius 1 is 0.870 bits per heavy atom. The molecule has 0 spiro atoms. The van der Waals surface area contributed by atoms with Gasteiger partial charge in [-0.25, -0.2) is 0 Å². The lowest BCUT2D eigenvalue weighted by atomic mass is 10.1. The molecule has 0 aliphatic heterocycles. The summed E-state index contributed by atoms with van der Waals surface area (Å²) >= 11 is 0. The molecule has 0 radical (unpaired) electrons. The zero-order chi connectivity index (χ0) is 17.5. The highest BCUT2D eigenvalue weighted by atomic mass is 15.1. The fraction of sp³-hybridized carbons (Fsp3) is 0.350. The quantitative estimate of drug-likeness (QED) is 0.840. The number of rotatable bonds is 3. The molecule has 0 aliphatic rings. The van der Waals surface area contributed by atoms with Gasteiger partial charge in [0, 0.05) is 50.5 Å². The van der Waals surface area contributed by atoms with E-state index in [1.165, 1.54) is 11.3 Å². The summed E-state index contributed by atoms with van der Waals surface area (Å²) in [6.45, 7) is 8.00. The fourth-order valence-corrected chi connectivity index (χ4v) is 1.80. The molecule has 0 amide bonds. The number of aromatic nitrogens is 2. The maximum Gasteiger partial charge on any atom is 0.0428 e. The van der Waals surface area contributed by atoms with Crippen LogP contribution in [0.3, 0.4) is 0 Å². The minimum atomic E-state index is 0.877. The lowest BCUT2D eigenvalue weighted by Gasteiger charge is -2.12. The van der Waals surface area contributed by atoms with Gasteiger partial charge >= 0.3 is 0 Å². The number of nitrogens with one attached hydrogen (secondary N) is 1.